The van der Waals surface area contributed by atoms with Gasteiger partial charge in [-0.25, -0.2) is 4.79 Å². The Morgan fingerprint density at radius 2 is 2.04 bits per heavy atom. The maximum Gasteiger partial charge on any atom is 0.410 e. The quantitative estimate of drug-likeness (QED) is 0.742. The standard InChI is InChI=1S/C19H30N2O3/c1-15(2)14-23-17-11-16(12-20-13-17)9-7-8-10-21(6)18(22)24-19(3,4)5/h7,9,11-13,15H,8,10,14H2,1-6H3/b9-7+. The van der Waals surface area contributed by atoms with Gasteiger partial charge >= 0.3 is 6.09 Å². The fraction of sp³-hybridized carbons (Fsp3) is 0.579. The van der Waals surface area contributed by atoms with Crippen LogP contribution in [0.1, 0.15) is 46.6 Å². The van der Waals surface area contributed by atoms with Gasteiger partial charge < -0.3 is 14.4 Å². The molecule has 5 heteroatoms. The molecule has 0 spiro atoms. The van der Waals surface area contributed by atoms with Crippen LogP contribution >= 0.6 is 0 Å². The normalized spacial score (nSPS) is 11.8. The van der Waals surface area contributed by atoms with E-state index in [1.54, 1.807) is 24.3 Å². The number of pyridine rings is 1. The lowest BCUT2D eigenvalue weighted by atomic mass is 10.2. The van der Waals surface area contributed by atoms with Crippen molar-refractivity contribution in [1.29, 1.82) is 0 Å². The molecular formula is C19H30N2O3. The van der Waals surface area contributed by atoms with Gasteiger partial charge in [-0.05, 0) is 44.7 Å². The van der Waals surface area contributed by atoms with Gasteiger partial charge in [-0.1, -0.05) is 26.0 Å². The second kappa shape index (κ2) is 9.30. The molecule has 24 heavy (non-hydrogen) atoms. The molecule has 1 aromatic heterocycles. The van der Waals surface area contributed by atoms with E-state index >= 15 is 0 Å². The summed E-state index contributed by atoms with van der Waals surface area (Å²) in [6.45, 7) is 11.1. The summed E-state index contributed by atoms with van der Waals surface area (Å²) in [7, 11) is 1.74. The van der Waals surface area contributed by atoms with E-state index in [4.69, 9.17) is 9.47 Å². The number of carbonyl (C=O) groups is 1. The third-order valence-electron chi connectivity index (χ3n) is 2.96. The van der Waals surface area contributed by atoms with Gasteiger partial charge in [-0.15, -0.1) is 0 Å². The summed E-state index contributed by atoms with van der Waals surface area (Å²) in [4.78, 5) is 17.6. The lowest BCUT2D eigenvalue weighted by Gasteiger charge is -2.24. The van der Waals surface area contributed by atoms with Crippen molar-refractivity contribution in [2.75, 3.05) is 20.2 Å². The molecule has 0 bridgehead atoms. The van der Waals surface area contributed by atoms with Gasteiger partial charge in [0.15, 0.2) is 0 Å². The number of hydrogen-bond donors (Lipinski definition) is 0. The van der Waals surface area contributed by atoms with E-state index < -0.39 is 5.60 Å². The predicted octanol–water partition coefficient (Wildman–Crippen LogP) is 4.39. The number of ether oxygens (including phenoxy) is 2. The number of hydrogen-bond acceptors (Lipinski definition) is 4. The largest absolute Gasteiger partial charge is 0.492 e. The highest BCUT2D eigenvalue weighted by atomic mass is 16.6. The average Bonchev–Trinajstić information content (AvgIpc) is 2.48. The van der Waals surface area contributed by atoms with Crippen LogP contribution in [0, 0.1) is 5.92 Å². The highest BCUT2D eigenvalue weighted by molar-refractivity contribution is 5.67. The molecule has 1 amide bonds. The molecule has 0 N–H and O–H groups in total. The number of aromatic nitrogens is 1. The second-order valence-corrected chi connectivity index (χ2v) is 7.25. The molecule has 0 atom stereocenters. The third-order valence-corrected chi connectivity index (χ3v) is 2.96. The Morgan fingerprint density at radius 3 is 2.67 bits per heavy atom. The number of carbonyl (C=O) groups excluding carboxylic acids is 1. The van der Waals surface area contributed by atoms with Crippen LogP contribution in [0.25, 0.3) is 6.08 Å². The summed E-state index contributed by atoms with van der Waals surface area (Å²) in [6, 6.07) is 1.96. The van der Waals surface area contributed by atoms with Crippen LogP contribution in [0.4, 0.5) is 4.79 Å². The summed E-state index contributed by atoms with van der Waals surface area (Å²) >= 11 is 0. The number of nitrogens with zero attached hydrogens (tertiary/aromatic N) is 2. The van der Waals surface area contributed by atoms with Crippen molar-refractivity contribution >= 4 is 12.2 Å². The van der Waals surface area contributed by atoms with Crippen molar-refractivity contribution in [2.24, 2.45) is 5.92 Å². The molecule has 0 saturated carbocycles. The summed E-state index contributed by atoms with van der Waals surface area (Å²) in [5, 5.41) is 0. The first-order valence-electron chi connectivity index (χ1n) is 8.36. The van der Waals surface area contributed by atoms with Crippen molar-refractivity contribution in [3.05, 3.63) is 30.1 Å². The summed E-state index contributed by atoms with van der Waals surface area (Å²) in [6.07, 6.45) is 7.95. The Hall–Kier alpha value is -2.04. The van der Waals surface area contributed by atoms with Crippen molar-refractivity contribution in [3.8, 4) is 5.75 Å². The zero-order valence-corrected chi connectivity index (χ0v) is 15.7. The molecule has 5 nitrogen and oxygen atoms in total. The van der Waals surface area contributed by atoms with Crippen LogP contribution in [-0.4, -0.2) is 41.8 Å². The van der Waals surface area contributed by atoms with Gasteiger partial charge in [0, 0.05) is 19.8 Å². The highest BCUT2D eigenvalue weighted by Gasteiger charge is 2.18. The number of amides is 1. The molecule has 0 aromatic carbocycles. The Morgan fingerprint density at radius 1 is 1.33 bits per heavy atom. The minimum absolute atomic E-state index is 0.304. The van der Waals surface area contributed by atoms with Crippen LogP contribution in [-0.2, 0) is 4.74 Å². The van der Waals surface area contributed by atoms with E-state index in [1.165, 1.54) is 0 Å². The summed E-state index contributed by atoms with van der Waals surface area (Å²) < 4.78 is 11.0. The average molecular weight is 334 g/mol. The first kappa shape index (κ1) is 20.0. The molecular weight excluding hydrogens is 304 g/mol. The molecule has 0 aliphatic heterocycles. The molecule has 0 radical (unpaired) electrons. The molecule has 0 unspecified atom stereocenters. The third kappa shape index (κ3) is 8.56. The zero-order valence-electron chi connectivity index (χ0n) is 15.7. The van der Waals surface area contributed by atoms with Gasteiger partial charge in [0.05, 0.1) is 12.8 Å². The Balaban J connectivity index is 2.44. The van der Waals surface area contributed by atoms with Crippen molar-refractivity contribution in [2.45, 2.75) is 46.6 Å². The minimum atomic E-state index is -0.469. The lowest BCUT2D eigenvalue weighted by molar-refractivity contribution is 0.0302. The first-order chi connectivity index (χ1) is 11.2. The first-order valence-corrected chi connectivity index (χ1v) is 8.36. The maximum absolute atomic E-state index is 11.8. The molecule has 134 valence electrons. The lowest BCUT2D eigenvalue weighted by Crippen LogP contribution is -2.34. The smallest absolute Gasteiger partial charge is 0.410 e. The van der Waals surface area contributed by atoms with E-state index in [1.807, 2.05) is 39.0 Å². The van der Waals surface area contributed by atoms with Crippen LogP contribution in [0.3, 0.4) is 0 Å². The topological polar surface area (TPSA) is 51.7 Å². The van der Waals surface area contributed by atoms with Crippen LogP contribution in [0.2, 0.25) is 0 Å². The van der Waals surface area contributed by atoms with E-state index in [9.17, 15) is 4.79 Å². The van der Waals surface area contributed by atoms with Gasteiger partial charge in [0.2, 0.25) is 0 Å². The van der Waals surface area contributed by atoms with Gasteiger partial charge in [0.1, 0.15) is 11.4 Å². The van der Waals surface area contributed by atoms with E-state index in [2.05, 4.69) is 18.8 Å². The van der Waals surface area contributed by atoms with E-state index in [-0.39, 0.29) is 6.09 Å². The fourth-order valence-corrected chi connectivity index (χ4v) is 1.79. The molecule has 0 aliphatic rings. The van der Waals surface area contributed by atoms with Gasteiger partial charge in [-0.2, -0.15) is 0 Å². The molecule has 1 rings (SSSR count). The van der Waals surface area contributed by atoms with Crippen molar-refractivity contribution in [1.82, 2.24) is 9.88 Å². The monoisotopic (exact) mass is 334 g/mol. The van der Waals surface area contributed by atoms with E-state index in [0.29, 0.717) is 19.1 Å². The van der Waals surface area contributed by atoms with Crippen LogP contribution in [0.5, 0.6) is 5.75 Å². The Bertz CT molecular complexity index is 548. The van der Waals surface area contributed by atoms with Crippen LogP contribution < -0.4 is 4.74 Å². The second-order valence-electron chi connectivity index (χ2n) is 7.25. The highest BCUT2D eigenvalue weighted by Crippen LogP contribution is 2.14. The molecule has 0 fully saturated rings. The van der Waals surface area contributed by atoms with Crippen LogP contribution in [0.15, 0.2) is 24.5 Å². The molecule has 1 heterocycles. The summed E-state index contributed by atoms with van der Waals surface area (Å²) in [5.74, 6) is 1.25. The SMILES string of the molecule is CC(C)COc1cncc(/C=C/CCN(C)C(=O)OC(C)(C)C)c1. The van der Waals surface area contributed by atoms with E-state index in [0.717, 1.165) is 17.7 Å². The fourth-order valence-electron chi connectivity index (χ4n) is 1.79. The Labute approximate surface area is 145 Å². The van der Waals surface area contributed by atoms with Gasteiger partial charge in [-0.3, -0.25) is 4.98 Å². The Kier molecular flexibility index (Phi) is 7.75. The maximum atomic E-state index is 11.8. The van der Waals surface area contributed by atoms with Crippen molar-refractivity contribution < 1.29 is 14.3 Å². The van der Waals surface area contributed by atoms with Gasteiger partial charge in [0.25, 0.3) is 0 Å². The molecule has 0 aliphatic carbocycles. The predicted molar refractivity (Wildman–Crippen MR) is 97.1 cm³/mol. The zero-order chi connectivity index (χ0) is 18.2. The van der Waals surface area contributed by atoms with Crippen molar-refractivity contribution in [3.63, 3.8) is 0 Å². The number of rotatable bonds is 7. The summed E-state index contributed by atoms with van der Waals surface area (Å²) in [5.41, 5.74) is 0.514. The molecule has 1 aromatic rings. The molecule has 0 saturated heterocycles. The minimum Gasteiger partial charge on any atom is -0.492 e.